The highest BCUT2D eigenvalue weighted by Gasteiger charge is 2.20. The number of rotatable bonds is 8. The predicted molar refractivity (Wildman–Crippen MR) is 80.0 cm³/mol. The molecule has 3 nitrogen and oxygen atoms in total. The number of methoxy groups -OCH3 is 2. The lowest BCUT2D eigenvalue weighted by Crippen LogP contribution is -2.33. The van der Waals surface area contributed by atoms with Crippen molar-refractivity contribution in [2.45, 2.75) is 27.2 Å². The van der Waals surface area contributed by atoms with E-state index in [1.165, 1.54) is 11.1 Å². The molecule has 0 aromatic heterocycles. The van der Waals surface area contributed by atoms with Crippen LogP contribution in [0.5, 0.6) is 5.75 Å². The van der Waals surface area contributed by atoms with Crippen molar-refractivity contribution in [1.29, 1.82) is 0 Å². The lowest BCUT2D eigenvalue weighted by atomic mass is 9.85. The summed E-state index contributed by atoms with van der Waals surface area (Å²) in [5.41, 5.74) is 2.74. The van der Waals surface area contributed by atoms with Gasteiger partial charge < -0.3 is 14.8 Å². The molecule has 108 valence electrons. The Kier molecular flexibility index (Phi) is 6.32. The van der Waals surface area contributed by atoms with Crippen molar-refractivity contribution in [2.24, 2.45) is 5.41 Å². The zero-order valence-corrected chi connectivity index (χ0v) is 12.9. The fourth-order valence-electron chi connectivity index (χ4n) is 2.22. The van der Waals surface area contributed by atoms with Crippen molar-refractivity contribution < 1.29 is 9.47 Å². The van der Waals surface area contributed by atoms with E-state index in [4.69, 9.17) is 9.47 Å². The van der Waals surface area contributed by atoms with Gasteiger partial charge in [0, 0.05) is 20.2 Å². The molecule has 0 fully saturated rings. The van der Waals surface area contributed by atoms with E-state index in [0.29, 0.717) is 0 Å². The second kappa shape index (κ2) is 7.51. The summed E-state index contributed by atoms with van der Waals surface area (Å²) >= 11 is 0. The second-order valence-electron chi connectivity index (χ2n) is 5.83. The van der Waals surface area contributed by atoms with Gasteiger partial charge in [-0.25, -0.2) is 0 Å². The van der Waals surface area contributed by atoms with E-state index in [1.54, 1.807) is 14.2 Å². The average Bonchev–Trinajstić information content (AvgIpc) is 2.34. The van der Waals surface area contributed by atoms with Gasteiger partial charge in [-0.2, -0.15) is 0 Å². The molecule has 0 heterocycles. The minimum atomic E-state index is 0.189. The lowest BCUT2D eigenvalue weighted by Gasteiger charge is -2.26. The molecule has 1 rings (SSSR count). The molecule has 0 atom stereocenters. The Bertz CT molecular complexity index is 388. The van der Waals surface area contributed by atoms with Gasteiger partial charge in [-0.05, 0) is 30.4 Å². The molecule has 3 heteroatoms. The highest BCUT2D eigenvalue weighted by Crippen LogP contribution is 2.28. The Balaban J connectivity index is 2.63. The van der Waals surface area contributed by atoms with E-state index in [0.717, 1.165) is 31.9 Å². The van der Waals surface area contributed by atoms with Crippen molar-refractivity contribution in [3.05, 3.63) is 29.3 Å². The quantitative estimate of drug-likeness (QED) is 0.733. The molecule has 0 spiro atoms. The maximum absolute atomic E-state index is 5.45. The number of benzene rings is 1. The van der Waals surface area contributed by atoms with Crippen molar-refractivity contribution in [3.63, 3.8) is 0 Å². The summed E-state index contributed by atoms with van der Waals surface area (Å²) in [5.74, 6) is 0.982. The van der Waals surface area contributed by atoms with Crippen LogP contribution in [-0.4, -0.2) is 33.9 Å². The van der Waals surface area contributed by atoms with Gasteiger partial charge in [0.25, 0.3) is 0 Å². The normalized spacial score (nSPS) is 11.6. The van der Waals surface area contributed by atoms with Crippen LogP contribution in [0.3, 0.4) is 0 Å². The van der Waals surface area contributed by atoms with Gasteiger partial charge in [-0.1, -0.05) is 31.5 Å². The van der Waals surface area contributed by atoms with E-state index >= 15 is 0 Å². The van der Waals surface area contributed by atoms with Gasteiger partial charge in [-0.15, -0.1) is 0 Å². The first-order chi connectivity index (χ1) is 8.98. The Labute approximate surface area is 117 Å². The fraction of sp³-hybridized carbons (Fsp3) is 0.625. The van der Waals surface area contributed by atoms with Crippen LogP contribution in [0.1, 0.15) is 25.0 Å². The van der Waals surface area contributed by atoms with Gasteiger partial charge in [-0.3, -0.25) is 0 Å². The van der Waals surface area contributed by atoms with Crippen LogP contribution >= 0.6 is 0 Å². The van der Waals surface area contributed by atoms with Crippen molar-refractivity contribution in [1.82, 2.24) is 5.32 Å². The van der Waals surface area contributed by atoms with Crippen LogP contribution in [0.15, 0.2) is 18.2 Å². The zero-order valence-electron chi connectivity index (χ0n) is 12.9. The molecule has 0 aliphatic rings. The largest absolute Gasteiger partial charge is 0.496 e. The molecule has 0 amide bonds. The molecular weight excluding hydrogens is 238 g/mol. The second-order valence-corrected chi connectivity index (χ2v) is 5.83. The van der Waals surface area contributed by atoms with E-state index in [1.807, 2.05) is 0 Å². The third-order valence-corrected chi connectivity index (χ3v) is 3.19. The van der Waals surface area contributed by atoms with Crippen LogP contribution < -0.4 is 10.1 Å². The molecule has 0 unspecified atom stereocenters. The van der Waals surface area contributed by atoms with Crippen LogP contribution in [0.4, 0.5) is 0 Å². The summed E-state index contributed by atoms with van der Waals surface area (Å²) in [6.45, 7) is 9.28. The third kappa shape index (κ3) is 5.62. The SMILES string of the molecule is COCCNCC(C)(C)Cc1cc(C)ccc1OC. The van der Waals surface area contributed by atoms with Gasteiger partial charge in [0.1, 0.15) is 5.75 Å². The summed E-state index contributed by atoms with van der Waals surface area (Å²) in [7, 11) is 3.46. The highest BCUT2D eigenvalue weighted by atomic mass is 16.5. The maximum atomic E-state index is 5.45. The van der Waals surface area contributed by atoms with Gasteiger partial charge in [0.05, 0.1) is 13.7 Å². The summed E-state index contributed by atoms with van der Waals surface area (Å²) in [5, 5.41) is 3.43. The van der Waals surface area contributed by atoms with Crippen LogP contribution in [-0.2, 0) is 11.2 Å². The van der Waals surface area contributed by atoms with Gasteiger partial charge in [0.2, 0.25) is 0 Å². The molecule has 0 saturated carbocycles. The molecule has 1 aromatic carbocycles. The minimum Gasteiger partial charge on any atom is -0.496 e. The first-order valence-corrected chi connectivity index (χ1v) is 6.82. The molecule has 1 aromatic rings. The van der Waals surface area contributed by atoms with E-state index in [2.05, 4.69) is 44.3 Å². The monoisotopic (exact) mass is 265 g/mol. The molecule has 19 heavy (non-hydrogen) atoms. The lowest BCUT2D eigenvalue weighted by molar-refractivity contribution is 0.194. The molecular formula is C16H27NO2. The van der Waals surface area contributed by atoms with E-state index in [-0.39, 0.29) is 5.41 Å². The standard InChI is InChI=1S/C16H27NO2/c1-13-6-7-15(19-5)14(10-13)11-16(2,3)12-17-8-9-18-4/h6-7,10,17H,8-9,11-12H2,1-5H3. The molecule has 0 radical (unpaired) electrons. The first kappa shape index (κ1) is 16.0. The van der Waals surface area contributed by atoms with E-state index in [9.17, 15) is 0 Å². The Hall–Kier alpha value is -1.06. The predicted octanol–water partition coefficient (Wildman–Crippen LogP) is 2.81. The number of hydrogen-bond acceptors (Lipinski definition) is 3. The Morgan fingerprint density at radius 2 is 1.95 bits per heavy atom. The first-order valence-electron chi connectivity index (χ1n) is 6.82. The topological polar surface area (TPSA) is 30.5 Å². The summed E-state index contributed by atoms with van der Waals surface area (Å²) in [4.78, 5) is 0. The molecule has 0 bridgehead atoms. The summed E-state index contributed by atoms with van der Waals surface area (Å²) in [6.07, 6.45) is 0.998. The smallest absolute Gasteiger partial charge is 0.122 e. The molecule has 0 aliphatic heterocycles. The average molecular weight is 265 g/mol. The number of ether oxygens (including phenoxy) is 2. The van der Waals surface area contributed by atoms with E-state index < -0.39 is 0 Å². The maximum Gasteiger partial charge on any atom is 0.122 e. The highest BCUT2D eigenvalue weighted by molar-refractivity contribution is 5.37. The number of hydrogen-bond donors (Lipinski definition) is 1. The van der Waals surface area contributed by atoms with Crippen molar-refractivity contribution in [3.8, 4) is 5.75 Å². The van der Waals surface area contributed by atoms with Crippen LogP contribution in [0.25, 0.3) is 0 Å². The van der Waals surface area contributed by atoms with Crippen molar-refractivity contribution in [2.75, 3.05) is 33.9 Å². The molecule has 1 N–H and O–H groups in total. The Morgan fingerprint density at radius 1 is 1.21 bits per heavy atom. The van der Waals surface area contributed by atoms with Gasteiger partial charge >= 0.3 is 0 Å². The summed E-state index contributed by atoms with van der Waals surface area (Å²) in [6, 6.07) is 6.36. The fourth-order valence-corrected chi connectivity index (χ4v) is 2.22. The van der Waals surface area contributed by atoms with Crippen LogP contribution in [0, 0.1) is 12.3 Å². The third-order valence-electron chi connectivity index (χ3n) is 3.19. The summed E-state index contributed by atoms with van der Waals surface area (Å²) < 4.78 is 10.5. The molecule has 0 saturated heterocycles. The molecule has 0 aliphatic carbocycles. The minimum absolute atomic E-state index is 0.189. The zero-order chi connectivity index (χ0) is 14.3. The Morgan fingerprint density at radius 3 is 2.58 bits per heavy atom. The van der Waals surface area contributed by atoms with Gasteiger partial charge in [0.15, 0.2) is 0 Å². The number of aryl methyl sites for hydroxylation is 1. The number of nitrogens with one attached hydrogen (secondary N) is 1. The van der Waals surface area contributed by atoms with Crippen molar-refractivity contribution >= 4 is 0 Å². The van der Waals surface area contributed by atoms with Crippen LogP contribution in [0.2, 0.25) is 0 Å².